The number of nitrogens with zero attached hydrogens (tertiary/aromatic N) is 4. The summed E-state index contributed by atoms with van der Waals surface area (Å²) in [4.78, 5) is 20.2. The Kier molecular flexibility index (Phi) is 5.18. The molecule has 10 heteroatoms. The van der Waals surface area contributed by atoms with Crippen molar-refractivity contribution < 1.29 is 14.6 Å². The third-order valence-electron chi connectivity index (χ3n) is 5.38. The van der Waals surface area contributed by atoms with Crippen LogP contribution in [-0.2, 0) is 6.42 Å². The molecule has 166 valence electrons. The Morgan fingerprint density at radius 2 is 2.16 bits per heavy atom. The summed E-state index contributed by atoms with van der Waals surface area (Å²) in [5, 5.41) is 24.2. The minimum atomic E-state index is -0.303. The largest absolute Gasteiger partial charge is 0.490 e. The fourth-order valence-electron chi connectivity index (χ4n) is 3.92. The molecule has 0 fully saturated rings. The van der Waals surface area contributed by atoms with Crippen molar-refractivity contribution >= 4 is 33.9 Å². The van der Waals surface area contributed by atoms with Crippen LogP contribution in [0.25, 0.3) is 11.3 Å². The van der Waals surface area contributed by atoms with Crippen LogP contribution in [0.3, 0.4) is 0 Å². The number of amides is 1. The molecule has 32 heavy (non-hydrogen) atoms. The van der Waals surface area contributed by atoms with E-state index in [-0.39, 0.29) is 18.1 Å². The Bertz CT molecular complexity index is 1160. The number of carbonyl (C=O) groups excluding carboxylic acids is 1. The summed E-state index contributed by atoms with van der Waals surface area (Å²) in [6.07, 6.45) is 0.702. The Morgan fingerprint density at radius 3 is 2.94 bits per heavy atom. The molecule has 2 aliphatic rings. The lowest BCUT2D eigenvalue weighted by molar-refractivity contribution is 0.0901. The average Bonchev–Trinajstić information content (AvgIpc) is 3.20. The van der Waals surface area contributed by atoms with Crippen LogP contribution in [-0.4, -0.2) is 58.0 Å². The van der Waals surface area contributed by atoms with Gasteiger partial charge in [-0.2, -0.15) is 0 Å². The molecule has 2 aromatic heterocycles. The smallest absolute Gasteiger partial charge is 0.263 e. The monoisotopic (exact) mass is 452 g/mol. The zero-order valence-electron chi connectivity index (χ0n) is 17.9. The van der Waals surface area contributed by atoms with Gasteiger partial charge in [-0.1, -0.05) is 11.3 Å². The van der Waals surface area contributed by atoms with E-state index >= 15 is 0 Å². The van der Waals surface area contributed by atoms with Gasteiger partial charge in [-0.25, -0.2) is 4.98 Å². The summed E-state index contributed by atoms with van der Waals surface area (Å²) in [5.74, 6) is 1.32. The number of carbonyl (C=O) groups is 1. The minimum absolute atomic E-state index is 0.0312. The van der Waals surface area contributed by atoms with Crippen LogP contribution in [0.4, 0.5) is 16.6 Å². The average molecular weight is 453 g/mol. The van der Waals surface area contributed by atoms with Gasteiger partial charge >= 0.3 is 0 Å². The van der Waals surface area contributed by atoms with Crippen molar-refractivity contribution in [1.29, 1.82) is 0 Å². The number of hydrogen-bond acceptors (Lipinski definition) is 9. The second-order valence-electron chi connectivity index (χ2n) is 8.42. The molecule has 5 rings (SSSR count). The van der Waals surface area contributed by atoms with Gasteiger partial charge in [0, 0.05) is 24.1 Å². The Labute approximate surface area is 189 Å². The van der Waals surface area contributed by atoms with Crippen LogP contribution < -0.4 is 20.3 Å². The third kappa shape index (κ3) is 3.87. The lowest BCUT2D eigenvalue weighted by Crippen LogP contribution is -2.48. The molecule has 0 saturated heterocycles. The topological polar surface area (TPSA) is 112 Å². The Balaban J connectivity index is 1.47. The lowest BCUT2D eigenvalue weighted by atomic mass is 9.94. The molecule has 0 radical (unpaired) electrons. The number of benzene rings is 1. The maximum atomic E-state index is 12.6. The summed E-state index contributed by atoms with van der Waals surface area (Å²) >= 11 is 1.42. The molecular weight excluding hydrogens is 428 g/mol. The summed E-state index contributed by atoms with van der Waals surface area (Å²) in [5.41, 5.74) is 3.07. The summed E-state index contributed by atoms with van der Waals surface area (Å²) < 4.78 is 5.87. The summed E-state index contributed by atoms with van der Waals surface area (Å²) in [6.45, 7) is 5.65. The van der Waals surface area contributed by atoms with Crippen molar-refractivity contribution in [2.75, 3.05) is 36.5 Å². The molecular formula is C22H24N6O3S. The lowest BCUT2D eigenvalue weighted by Gasteiger charge is -2.29. The molecule has 0 aliphatic carbocycles. The van der Waals surface area contributed by atoms with Crippen molar-refractivity contribution in [3.8, 4) is 17.0 Å². The van der Waals surface area contributed by atoms with E-state index in [1.165, 1.54) is 11.3 Å². The van der Waals surface area contributed by atoms with E-state index in [1.54, 1.807) is 0 Å². The first kappa shape index (κ1) is 20.7. The van der Waals surface area contributed by atoms with E-state index in [2.05, 4.69) is 25.7 Å². The van der Waals surface area contributed by atoms with E-state index in [1.807, 2.05) is 44.2 Å². The maximum absolute atomic E-state index is 12.6. The van der Waals surface area contributed by atoms with E-state index in [0.29, 0.717) is 36.8 Å². The van der Waals surface area contributed by atoms with Gasteiger partial charge in [-0.15, -0.1) is 10.2 Å². The van der Waals surface area contributed by atoms with Crippen LogP contribution >= 0.6 is 11.3 Å². The molecule has 0 saturated carbocycles. The van der Waals surface area contributed by atoms with Gasteiger partial charge in [0.2, 0.25) is 0 Å². The van der Waals surface area contributed by atoms with Crippen LogP contribution in [0.15, 0.2) is 30.3 Å². The number of rotatable bonds is 5. The highest BCUT2D eigenvalue weighted by molar-refractivity contribution is 7.17. The van der Waals surface area contributed by atoms with Crippen LogP contribution in [0, 0.1) is 0 Å². The summed E-state index contributed by atoms with van der Waals surface area (Å²) in [7, 11) is 0. The normalized spacial score (nSPS) is 16.6. The van der Waals surface area contributed by atoms with Gasteiger partial charge < -0.3 is 25.4 Å². The number of thiazole rings is 1. The van der Waals surface area contributed by atoms with E-state index in [9.17, 15) is 4.79 Å². The van der Waals surface area contributed by atoms with Gasteiger partial charge in [0.15, 0.2) is 5.13 Å². The highest BCUT2D eigenvalue weighted by atomic mass is 32.1. The van der Waals surface area contributed by atoms with E-state index in [0.717, 1.165) is 33.5 Å². The fraction of sp³-hybridized carbons (Fsp3) is 0.364. The van der Waals surface area contributed by atoms with Crippen molar-refractivity contribution in [3.05, 3.63) is 40.9 Å². The molecule has 1 amide bonds. The Hall–Kier alpha value is -3.24. The quantitative estimate of drug-likeness (QED) is 0.542. The van der Waals surface area contributed by atoms with Crippen LogP contribution in [0.1, 0.15) is 29.2 Å². The van der Waals surface area contributed by atoms with Crippen molar-refractivity contribution in [3.63, 3.8) is 0 Å². The predicted molar refractivity (Wildman–Crippen MR) is 123 cm³/mol. The molecule has 3 N–H and O–H groups in total. The number of hydrogen-bond donors (Lipinski definition) is 3. The molecule has 0 unspecified atom stereocenters. The zero-order valence-corrected chi connectivity index (χ0v) is 18.7. The molecule has 1 aromatic carbocycles. The Morgan fingerprint density at radius 1 is 1.28 bits per heavy atom. The molecule has 4 heterocycles. The van der Waals surface area contributed by atoms with Crippen LogP contribution in [0.5, 0.6) is 5.75 Å². The van der Waals surface area contributed by atoms with Crippen LogP contribution in [0.2, 0.25) is 0 Å². The first-order chi connectivity index (χ1) is 15.4. The number of aromatic nitrogens is 3. The van der Waals surface area contributed by atoms with Crippen molar-refractivity contribution in [2.24, 2.45) is 0 Å². The molecule has 0 atom stereocenters. The zero-order chi connectivity index (χ0) is 22.3. The van der Waals surface area contributed by atoms with E-state index in [4.69, 9.17) is 14.8 Å². The second kappa shape index (κ2) is 8.03. The minimum Gasteiger partial charge on any atom is -0.490 e. The first-order valence-electron chi connectivity index (χ1n) is 10.5. The summed E-state index contributed by atoms with van der Waals surface area (Å²) in [6, 6.07) is 9.62. The van der Waals surface area contributed by atoms with Gasteiger partial charge in [0.25, 0.3) is 5.91 Å². The predicted octanol–water partition coefficient (Wildman–Crippen LogP) is 2.60. The van der Waals surface area contributed by atoms with Gasteiger partial charge in [0.1, 0.15) is 23.1 Å². The number of ether oxygens (including phenoxy) is 1. The standard InChI is InChI=1S/C22H24N6O3S/c1-22(2)12-15-19(20(30)25-22)32-21(24-15)28-8-10-31-17-5-3-13(11-16(17)28)14-4-6-18(27-26-14)23-7-9-29/h3-6,11,29H,7-10,12H2,1-2H3,(H,23,27)(H,25,30). The van der Waals surface area contributed by atoms with E-state index < -0.39 is 0 Å². The molecule has 0 bridgehead atoms. The first-order valence-corrected chi connectivity index (χ1v) is 11.3. The number of nitrogens with one attached hydrogen (secondary N) is 2. The molecule has 9 nitrogen and oxygen atoms in total. The molecule has 0 spiro atoms. The SMILES string of the molecule is CC1(C)Cc2nc(N3CCOc4ccc(-c5ccc(NCCO)nn5)cc43)sc2C(=O)N1. The number of aliphatic hydroxyl groups excluding tert-OH is 1. The number of aliphatic hydroxyl groups is 1. The molecule has 3 aromatic rings. The van der Waals surface area contributed by atoms with Crippen molar-refractivity contribution in [2.45, 2.75) is 25.8 Å². The maximum Gasteiger partial charge on any atom is 0.263 e. The number of fused-ring (bicyclic) bond motifs is 2. The van der Waals surface area contributed by atoms with Gasteiger partial charge in [-0.05, 0) is 44.2 Å². The molecule has 2 aliphatic heterocycles. The fourth-order valence-corrected chi connectivity index (χ4v) is 4.94. The van der Waals surface area contributed by atoms with Gasteiger partial charge in [0.05, 0.1) is 30.2 Å². The number of anilines is 3. The highest BCUT2D eigenvalue weighted by Gasteiger charge is 2.34. The van der Waals surface area contributed by atoms with Gasteiger partial charge in [-0.3, -0.25) is 4.79 Å². The second-order valence-corrected chi connectivity index (χ2v) is 9.40. The third-order valence-corrected chi connectivity index (χ3v) is 6.50. The van der Waals surface area contributed by atoms with Crippen molar-refractivity contribution in [1.82, 2.24) is 20.5 Å². The highest BCUT2D eigenvalue weighted by Crippen LogP contribution is 2.42.